The second kappa shape index (κ2) is 10.5. The number of sulfonamides is 1. The molecule has 1 aliphatic heterocycles. The molecule has 32 heavy (non-hydrogen) atoms. The summed E-state index contributed by atoms with van der Waals surface area (Å²) < 4.78 is 37.6. The van der Waals surface area contributed by atoms with Gasteiger partial charge in [-0.25, -0.2) is 13.2 Å². The van der Waals surface area contributed by atoms with Gasteiger partial charge in [0, 0.05) is 23.7 Å². The number of nitrogens with one attached hydrogen (secondary N) is 2. The summed E-state index contributed by atoms with van der Waals surface area (Å²) in [5, 5.41) is 3.08. The maximum absolute atomic E-state index is 12.5. The SMILES string of the molecule is Cc1cc(OCC(=O)OCC(=O)Nc2cccc(S(=O)(=O)NC3=NCCC3)c2)ccc1Cl. The van der Waals surface area contributed by atoms with E-state index < -0.39 is 28.5 Å². The van der Waals surface area contributed by atoms with Crippen LogP contribution in [0.1, 0.15) is 18.4 Å². The molecule has 0 bridgehead atoms. The molecule has 2 N–H and O–H groups in total. The van der Waals surface area contributed by atoms with Gasteiger partial charge in [0.05, 0.1) is 4.90 Å². The lowest BCUT2D eigenvalue weighted by Crippen LogP contribution is -2.29. The number of ether oxygens (including phenoxy) is 2. The molecule has 0 fully saturated rings. The van der Waals surface area contributed by atoms with Crippen LogP contribution in [-0.2, 0) is 24.3 Å². The second-order valence-electron chi connectivity index (χ2n) is 6.97. The van der Waals surface area contributed by atoms with Crippen molar-refractivity contribution >= 4 is 45.0 Å². The standard InChI is InChI=1S/C21H22ClN3O6S/c1-14-10-16(7-8-18(14)22)30-13-21(27)31-12-20(26)24-15-4-2-5-17(11-15)32(28,29)25-19-6-3-9-23-19/h2,4-5,7-8,10-11H,3,6,9,12-13H2,1H3,(H,23,25)(H,24,26). The van der Waals surface area contributed by atoms with Crippen molar-refractivity contribution in [2.24, 2.45) is 4.99 Å². The van der Waals surface area contributed by atoms with Gasteiger partial charge in [0.2, 0.25) is 0 Å². The third kappa shape index (κ3) is 6.69. The van der Waals surface area contributed by atoms with Crippen molar-refractivity contribution in [3.05, 3.63) is 53.1 Å². The Morgan fingerprint density at radius 2 is 1.97 bits per heavy atom. The summed E-state index contributed by atoms with van der Waals surface area (Å²) in [5.74, 6) is -0.486. The van der Waals surface area contributed by atoms with Crippen molar-refractivity contribution in [1.82, 2.24) is 4.72 Å². The highest BCUT2D eigenvalue weighted by atomic mass is 35.5. The molecule has 170 valence electrons. The predicted molar refractivity (Wildman–Crippen MR) is 120 cm³/mol. The second-order valence-corrected chi connectivity index (χ2v) is 9.06. The van der Waals surface area contributed by atoms with Crippen LogP contribution in [0.4, 0.5) is 5.69 Å². The molecule has 0 aliphatic carbocycles. The Morgan fingerprint density at radius 1 is 1.16 bits per heavy atom. The van der Waals surface area contributed by atoms with E-state index in [2.05, 4.69) is 15.0 Å². The third-order valence-corrected chi connectivity index (χ3v) is 6.21. The Labute approximate surface area is 190 Å². The molecule has 3 rings (SSSR count). The van der Waals surface area contributed by atoms with Gasteiger partial charge < -0.3 is 14.8 Å². The molecule has 2 aromatic carbocycles. The Balaban J connectivity index is 1.48. The number of benzene rings is 2. The van der Waals surface area contributed by atoms with Crippen LogP contribution in [0.3, 0.4) is 0 Å². The van der Waals surface area contributed by atoms with Crippen LogP contribution in [0.5, 0.6) is 5.75 Å². The average molecular weight is 480 g/mol. The van der Waals surface area contributed by atoms with Gasteiger partial charge in [0.25, 0.3) is 15.9 Å². The largest absolute Gasteiger partial charge is 0.482 e. The maximum atomic E-state index is 12.5. The number of rotatable bonds is 8. The third-order valence-electron chi connectivity index (χ3n) is 4.40. The first kappa shape index (κ1) is 23.6. The summed E-state index contributed by atoms with van der Waals surface area (Å²) >= 11 is 5.93. The van der Waals surface area contributed by atoms with Crippen LogP contribution in [0, 0.1) is 6.92 Å². The van der Waals surface area contributed by atoms with E-state index >= 15 is 0 Å². The van der Waals surface area contributed by atoms with Gasteiger partial charge in [-0.1, -0.05) is 17.7 Å². The van der Waals surface area contributed by atoms with Crippen molar-refractivity contribution in [1.29, 1.82) is 0 Å². The van der Waals surface area contributed by atoms with Gasteiger partial charge in [-0.2, -0.15) is 0 Å². The summed E-state index contributed by atoms with van der Waals surface area (Å²) in [6.45, 7) is 1.47. The fourth-order valence-corrected chi connectivity index (χ4v) is 4.06. The molecule has 0 aromatic heterocycles. The highest BCUT2D eigenvalue weighted by Gasteiger charge is 2.19. The summed E-state index contributed by atoms with van der Waals surface area (Å²) in [5.41, 5.74) is 1.04. The molecule has 0 saturated heterocycles. The van der Waals surface area contributed by atoms with Crippen molar-refractivity contribution in [3.8, 4) is 5.75 Å². The molecule has 2 aromatic rings. The Kier molecular flexibility index (Phi) is 7.70. The van der Waals surface area contributed by atoms with E-state index in [1.807, 2.05) is 0 Å². The fraction of sp³-hybridized carbons (Fsp3) is 0.286. The highest BCUT2D eigenvalue weighted by Crippen LogP contribution is 2.21. The van der Waals surface area contributed by atoms with Crippen LogP contribution in [0.15, 0.2) is 52.4 Å². The van der Waals surface area contributed by atoms with Crippen LogP contribution in [0.25, 0.3) is 0 Å². The lowest BCUT2D eigenvalue weighted by molar-refractivity contribution is -0.149. The van der Waals surface area contributed by atoms with Crippen LogP contribution in [-0.4, -0.2) is 45.9 Å². The Bertz CT molecular complexity index is 1150. The van der Waals surface area contributed by atoms with E-state index in [0.717, 1.165) is 12.0 Å². The topological polar surface area (TPSA) is 123 Å². The summed E-state index contributed by atoms with van der Waals surface area (Å²) in [4.78, 5) is 28.0. The average Bonchev–Trinajstić information content (AvgIpc) is 3.25. The number of carbonyl (C=O) groups is 2. The number of amides is 1. The normalized spacial score (nSPS) is 13.2. The van der Waals surface area contributed by atoms with E-state index in [1.54, 1.807) is 25.1 Å². The van der Waals surface area contributed by atoms with Gasteiger partial charge in [-0.3, -0.25) is 14.5 Å². The minimum atomic E-state index is -3.81. The van der Waals surface area contributed by atoms with E-state index in [0.29, 0.717) is 29.6 Å². The first-order chi connectivity index (χ1) is 15.2. The monoisotopic (exact) mass is 479 g/mol. The number of hydrogen-bond donors (Lipinski definition) is 2. The van der Waals surface area contributed by atoms with E-state index in [4.69, 9.17) is 21.1 Å². The first-order valence-electron chi connectivity index (χ1n) is 9.73. The molecule has 0 spiro atoms. The number of nitrogens with zero attached hydrogens (tertiary/aromatic N) is 1. The molecule has 1 heterocycles. The minimum absolute atomic E-state index is 0.0199. The van der Waals surface area contributed by atoms with Crippen molar-refractivity contribution in [3.63, 3.8) is 0 Å². The molecule has 11 heteroatoms. The smallest absolute Gasteiger partial charge is 0.344 e. The molecule has 1 amide bonds. The van der Waals surface area contributed by atoms with E-state index in [-0.39, 0.29) is 17.2 Å². The number of halogens is 1. The van der Waals surface area contributed by atoms with Gasteiger partial charge in [-0.05, 0) is 55.3 Å². The summed E-state index contributed by atoms with van der Waals surface area (Å²) in [6.07, 6.45) is 1.37. The number of aryl methyl sites for hydroxylation is 1. The predicted octanol–water partition coefficient (Wildman–Crippen LogP) is 2.68. The number of anilines is 1. The maximum Gasteiger partial charge on any atom is 0.344 e. The van der Waals surface area contributed by atoms with Crippen molar-refractivity contribution in [2.45, 2.75) is 24.7 Å². The molecular weight excluding hydrogens is 458 g/mol. The number of aliphatic imine (C=N–C) groups is 1. The molecule has 0 saturated carbocycles. The van der Waals surface area contributed by atoms with Gasteiger partial charge >= 0.3 is 5.97 Å². The zero-order valence-corrected chi connectivity index (χ0v) is 18.8. The van der Waals surface area contributed by atoms with Gasteiger partial charge in [0.1, 0.15) is 11.6 Å². The zero-order chi connectivity index (χ0) is 23.1. The number of esters is 1. The van der Waals surface area contributed by atoms with Crippen molar-refractivity contribution in [2.75, 3.05) is 25.1 Å². The Morgan fingerprint density at radius 3 is 2.69 bits per heavy atom. The summed E-state index contributed by atoms with van der Waals surface area (Å²) in [7, 11) is -3.81. The fourth-order valence-electron chi connectivity index (χ4n) is 2.81. The Hall–Kier alpha value is -3.11. The highest BCUT2D eigenvalue weighted by molar-refractivity contribution is 7.90. The van der Waals surface area contributed by atoms with Crippen LogP contribution < -0.4 is 14.8 Å². The molecule has 0 radical (unpaired) electrons. The summed E-state index contributed by atoms with van der Waals surface area (Å²) in [6, 6.07) is 10.7. The molecule has 0 unspecified atom stereocenters. The quantitative estimate of drug-likeness (QED) is 0.561. The van der Waals surface area contributed by atoms with Crippen molar-refractivity contribution < 1.29 is 27.5 Å². The minimum Gasteiger partial charge on any atom is -0.482 e. The zero-order valence-electron chi connectivity index (χ0n) is 17.3. The molecular formula is C21H22ClN3O6S. The number of carbonyl (C=O) groups excluding carboxylic acids is 2. The molecule has 9 nitrogen and oxygen atoms in total. The molecule has 1 aliphatic rings. The van der Waals surface area contributed by atoms with E-state index in [9.17, 15) is 18.0 Å². The first-order valence-corrected chi connectivity index (χ1v) is 11.6. The van der Waals surface area contributed by atoms with Crippen LogP contribution in [0.2, 0.25) is 5.02 Å². The lowest BCUT2D eigenvalue weighted by Gasteiger charge is -2.11. The van der Waals surface area contributed by atoms with E-state index in [1.165, 1.54) is 24.3 Å². The van der Waals surface area contributed by atoms with Gasteiger partial charge in [0.15, 0.2) is 13.2 Å². The molecule has 0 atom stereocenters. The van der Waals surface area contributed by atoms with Gasteiger partial charge in [-0.15, -0.1) is 0 Å². The number of hydrogen-bond acceptors (Lipinski definition) is 7. The van der Waals surface area contributed by atoms with Crippen LogP contribution >= 0.6 is 11.6 Å². The number of amidine groups is 1. The lowest BCUT2D eigenvalue weighted by atomic mass is 10.2.